The summed E-state index contributed by atoms with van der Waals surface area (Å²) in [6.07, 6.45) is -5.50. The summed E-state index contributed by atoms with van der Waals surface area (Å²) in [6.45, 7) is 1.32. The molecule has 1 unspecified atom stereocenters. The Morgan fingerprint density at radius 1 is 1.08 bits per heavy atom. The summed E-state index contributed by atoms with van der Waals surface area (Å²) in [4.78, 5) is 37.0. The lowest BCUT2D eigenvalue weighted by Gasteiger charge is -2.17. The van der Waals surface area contributed by atoms with Crippen LogP contribution in [0.3, 0.4) is 0 Å². The lowest BCUT2D eigenvalue weighted by molar-refractivity contribution is -0.152. The number of aromatic nitrogens is 2. The molecular formula is C24H21ClF4N2O7. The number of nitrogens with zero attached hydrogens (tertiary/aromatic N) is 2. The van der Waals surface area contributed by atoms with Gasteiger partial charge in [0.15, 0.2) is 18.1 Å². The van der Waals surface area contributed by atoms with Crippen LogP contribution in [-0.2, 0) is 27.5 Å². The van der Waals surface area contributed by atoms with Gasteiger partial charge < -0.3 is 18.9 Å². The number of hydrogen-bond acceptors (Lipinski definition) is 7. The maximum Gasteiger partial charge on any atom is 0.431 e. The zero-order chi connectivity index (χ0) is 28.2. The fraction of sp³-hybridized carbons (Fsp3) is 0.292. The molecule has 1 atom stereocenters. The Balaban J connectivity index is 1.95. The van der Waals surface area contributed by atoms with Crippen LogP contribution in [0.5, 0.6) is 17.2 Å². The first-order chi connectivity index (χ1) is 17.8. The molecule has 0 N–H and O–H groups in total. The van der Waals surface area contributed by atoms with Crippen LogP contribution in [0.2, 0.25) is 5.02 Å². The van der Waals surface area contributed by atoms with E-state index in [1.807, 2.05) is 0 Å². The summed E-state index contributed by atoms with van der Waals surface area (Å²) in [7, 11) is 2.24. The lowest BCUT2D eigenvalue weighted by Crippen LogP contribution is -2.41. The lowest BCUT2D eigenvalue weighted by atomic mass is 10.2. The van der Waals surface area contributed by atoms with Gasteiger partial charge in [-0.2, -0.15) is 13.2 Å². The smallest absolute Gasteiger partial charge is 0.431 e. The molecule has 204 valence electrons. The topological polar surface area (TPSA) is 98.0 Å². The first kappa shape index (κ1) is 28.7. The van der Waals surface area contributed by atoms with Crippen LogP contribution in [0.25, 0.3) is 5.69 Å². The van der Waals surface area contributed by atoms with E-state index in [1.54, 1.807) is 19.1 Å². The molecule has 38 heavy (non-hydrogen) atoms. The SMILES string of the molecule is COCC(C)OC(=O)COc1ccccc1Oc1cc(-n2c(=O)cc(C(F)(F)F)n(C)c2=O)c(F)cc1Cl. The predicted molar refractivity (Wildman–Crippen MR) is 127 cm³/mol. The quantitative estimate of drug-likeness (QED) is 0.287. The number of halogens is 5. The molecule has 1 aromatic heterocycles. The normalized spacial score (nSPS) is 12.2. The van der Waals surface area contributed by atoms with Crippen LogP contribution < -0.4 is 20.7 Å². The minimum atomic E-state index is -4.99. The molecule has 2 aromatic carbocycles. The third-order valence-corrected chi connectivity index (χ3v) is 5.30. The van der Waals surface area contributed by atoms with Crippen LogP contribution in [0.4, 0.5) is 17.6 Å². The van der Waals surface area contributed by atoms with E-state index in [1.165, 1.54) is 19.2 Å². The number of ether oxygens (including phenoxy) is 4. The van der Waals surface area contributed by atoms with Crippen molar-refractivity contribution in [3.8, 4) is 22.9 Å². The van der Waals surface area contributed by atoms with Crippen LogP contribution in [0.1, 0.15) is 12.6 Å². The van der Waals surface area contributed by atoms with Crippen molar-refractivity contribution in [2.45, 2.75) is 19.2 Å². The summed E-state index contributed by atoms with van der Waals surface area (Å²) < 4.78 is 75.8. The average molecular weight is 561 g/mol. The highest BCUT2D eigenvalue weighted by atomic mass is 35.5. The molecule has 0 bridgehead atoms. The summed E-state index contributed by atoms with van der Waals surface area (Å²) in [6, 6.07) is 7.79. The summed E-state index contributed by atoms with van der Waals surface area (Å²) in [5.41, 5.74) is -5.06. The largest absolute Gasteiger partial charge is 0.478 e. The summed E-state index contributed by atoms with van der Waals surface area (Å²) >= 11 is 6.09. The van der Waals surface area contributed by atoms with E-state index >= 15 is 0 Å². The molecule has 3 rings (SSSR count). The molecule has 0 amide bonds. The van der Waals surface area contributed by atoms with Crippen molar-refractivity contribution in [2.24, 2.45) is 7.05 Å². The molecule has 14 heteroatoms. The number of methoxy groups -OCH3 is 1. The Hall–Kier alpha value is -3.84. The van der Waals surface area contributed by atoms with Crippen molar-refractivity contribution in [2.75, 3.05) is 20.3 Å². The second-order valence-corrected chi connectivity index (χ2v) is 8.28. The molecule has 0 saturated heterocycles. The number of para-hydroxylation sites is 2. The Kier molecular flexibility index (Phi) is 8.84. The number of alkyl halides is 3. The number of benzene rings is 2. The zero-order valence-electron chi connectivity index (χ0n) is 20.2. The van der Waals surface area contributed by atoms with Gasteiger partial charge in [-0.3, -0.25) is 9.36 Å². The van der Waals surface area contributed by atoms with Crippen molar-refractivity contribution >= 4 is 17.6 Å². The fourth-order valence-corrected chi connectivity index (χ4v) is 3.51. The van der Waals surface area contributed by atoms with Gasteiger partial charge in [0, 0.05) is 26.3 Å². The van der Waals surface area contributed by atoms with Crippen LogP contribution in [0, 0.1) is 5.82 Å². The van der Waals surface area contributed by atoms with Gasteiger partial charge in [-0.1, -0.05) is 23.7 Å². The maximum absolute atomic E-state index is 14.8. The number of carbonyl (C=O) groups excluding carboxylic acids is 1. The standard InChI is InChI=1S/C24H21ClF4N2O7/c1-13(11-35-3)37-22(33)12-36-17-6-4-5-7-18(17)38-19-9-16(15(26)8-14(19)25)31-21(32)10-20(24(27,28)29)30(2)23(31)34/h4-10,13H,11-12H2,1-3H3. The number of carbonyl (C=O) groups is 1. The Bertz CT molecular complexity index is 1450. The molecule has 3 aromatic rings. The third kappa shape index (κ3) is 6.53. The van der Waals surface area contributed by atoms with Gasteiger partial charge in [-0.15, -0.1) is 0 Å². The molecule has 0 fully saturated rings. The molecule has 0 aliphatic heterocycles. The van der Waals surface area contributed by atoms with Gasteiger partial charge in [-0.05, 0) is 25.1 Å². The Morgan fingerprint density at radius 2 is 1.74 bits per heavy atom. The second kappa shape index (κ2) is 11.7. The highest BCUT2D eigenvalue weighted by molar-refractivity contribution is 6.32. The highest BCUT2D eigenvalue weighted by Gasteiger charge is 2.35. The van der Waals surface area contributed by atoms with Gasteiger partial charge in [-0.25, -0.2) is 18.5 Å². The Labute approximate surface area is 217 Å². The van der Waals surface area contributed by atoms with E-state index in [-0.39, 0.29) is 44.1 Å². The molecule has 0 saturated carbocycles. The number of rotatable bonds is 9. The minimum Gasteiger partial charge on any atom is -0.478 e. The van der Waals surface area contributed by atoms with E-state index < -0.39 is 53.3 Å². The molecule has 0 aliphatic carbocycles. The van der Waals surface area contributed by atoms with Gasteiger partial charge in [0.05, 0.1) is 17.3 Å². The van der Waals surface area contributed by atoms with Crippen molar-refractivity contribution in [1.82, 2.24) is 9.13 Å². The third-order valence-electron chi connectivity index (χ3n) is 5.00. The first-order valence-electron chi connectivity index (χ1n) is 10.8. The van der Waals surface area contributed by atoms with Crippen molar-refractivity contribution < 1.29 is 41.3 Å². The molecule has 1 heterocycles. The van der Waals surface area contributed by atoms with E-state index in [4.69, 9.17) is 30.5 Å². The zero-order valence-corrected chi connectivity index (χ0v) is 20.9. The minimum absolute atomic E-state index is 0.0115. The van der Waals surface area contributed by atoms with Crippen LogP contribution in [-0.4, -0.2) is 41.5 Å². The molecule has 9 nitrogen and oxygen atoms in total. The molecular weight excluding hydrogens is 540 g/mol. The average Bonchev–Trinajstić information content (AvgIpc) is 2.83. The first-order valence-corrected chi connectivity index (χ1v) is 11.2. The van der Waals surface area contributed by atoms with Gasteiger partial charge in [0.2, 0.25) is 0 Å². The Morgan fingerprint density at radius 3 is 2.37 bits per heavy atom. The van der Waals surface area contributed by atoms with Gasteiger partial charge >= 0.3 is 17.8 Å². The molecule has 0 radical (unpaired) electrons. The van der Waals surface area contributed by atoms with Crippen molar-refractivity contribution in [1.29, 1.82) is 0 Å². The van der Waals surface area contributed by atoms with E-state index in [0.717, 1.165) is 19.2 Å². The maximum atomic E-state index is 14.8. The molecule has 0 aliphatic rings. The fourth-order valence-electron chi connectivity index (χ4n) is 3.32. The monoisotopic (exact) mass is 560 g/mol. The summed E-state index contributed by atoms with van der Waals surface area (Å²) in [5.74, 6) is -2.04. The van der Waals surface area contributed by atoms with Crippen molar-refractivity contribution in [3.05, 3.63) is 79.8 Å². The van der Waals surface area contributed by atoms with E-state index in [2.05, 4.69) is 0 Å². The van der Waals surface area contributed by atoms with Crippen molar-refractivity contribution in [3.63, 3.8) is 0 Å². The van der Waals surface area contributed by atoms with Gasteiger partial charge in [0.25, 0.3) is 5.56 Å². The summed E-state index contributed by atoms with van der Waals surface area (Å²) in [5, 5.41) is -0.286. The second-order valence-electron chi connectivity index (χ2n) is 7.87. The van der Waals surface area contributed by atoms with Gasteiger partial charge in [0.1, 0.15) is 23.4 Å². The molecule has 0 spiro atoms. The number of hydrogen-bond donors (Lipinski definition) is 0. The number of esters is 1. The highest BCUT2D eigenvalue weighted by Crippen LogP contribution is 2.37. The van der Waals surface area contributed by atoms with Crippen LogP contribution >= 0.6 is 11.6 Å². The predicted octanol–water partition coefficient (Wildman–Crippen LogP) is 4.10. The van der Waals surface area contributed by atoms with E-state index in [0.29, 0.717) is 0 Å². The van der Waals surface area contributed by atoms with Crippen LogP contribution in [0.15, 0.2) is 52.1 Å². The van der Waals surface area contributed by atoms with E-state index in [9.17, 15) is 31.9 Å².